The molecular formula is C16H15N2O5-. The highest BCUT2D eigenvalue weighted by Crippen LogP contribution is 2.25. The molecule has 0 bridgehead atoms. The number of nitrogens with zero attached hydrogens (tertiary/aromatic N) is 2. The quantitative estimate of drug-likeness (QED) is 0.337. The molecule has 0 saturated heterocycles. The summed E-state index contributed by atoms with van der Waals surface area (Å²) < 4.78 is 10.7. The zero-order valence-corrected chi connectivity index (χ0v) is 12.5. The molecule has 0 unspecified atom stereocenters. The largest absolute Gasteiger partial charge is 0.872 e. The van der Waals surface area contributed by atoms with Crippen LogP contribution in [0.1, 0.15) is 5.56 Å². The Morgan fingerprint density at radius 1 is 1.22 bits per heavy atom. The lowest BCUT2D eigenvalue weighted by atomic mass is 10.2. The van der Waals surface area contributed by atoms with E-state index in [2.05, 4.69) is 4.99 Å². The number of hydrogen-bond donors (Lipinski definition) is 0. The topological polar surface area (TPSA) is 97.0 Å². The minimum Gasteiger partial charge on any atom is -0.872 e. The summed E-state index contributed by atoms with van der Waals surface area (Å²) in [4.78, 5) is 14.2. The predicted molar refractivity (Wildman–Crippen MR) is 83.5 cm³/mol. The summed E-state index contributed by atoms with van der Waals surface area (Å²) in [5, 5.41) is 22.3. The van der Waals surface area contributed by atoms with Gasteiger partial charge in [0.05, 0.1) is 18.6 Å². The first-order chi connectivity index (χ1) is 11.1. The van der Waals surface area contributed by atoms with Crippen LogP contribution in [-0.4, -0.2) is 31.4 Å². The monoisotopic (exact) mass is 315 g/mol. The van der Waals surface area contributed by atoms with Crippen molar-refractivity contribution in [1.29, 1.82) is 0 Å². The standard InChI is InChI=1S/C16H16N2O5/c1-22-15-4-2-3-5-16(15)23-9-8-17-11-12-10-13(18(20)21)6-7-14(12)19/h2-7,10-11,19H,8-9H2,1H3/p-1. The highest BCUT2D eigenvalue weighted by molar-refractivity contribution is 5.84. The molecule has 7 nitrogen and oxygen atoms in total. The van der Waals surface area contributed by atoms with E-state index in [0.29, 0.717) is 24.7 Å². The van der Waals surface area contributed by atoms with Crippen LogP contribution in [0.15, 0.2) is 47.5 Å². The van der Waals surface area contributed by atoms with Gasteiger partial charge in [-0.05, 0) is 17.7 Å². The molecule has 0 saturated carbocycles. The zero-order valence-electron chi connectivity index (χ0n) is 12.5. The molecule has 0 radical (unpaired) electrons. The number of methoxy groups -OCH3 is 1. The Bertz CT molecular complexity index is 715. The maximum atomic E-state index is 11.6. The van der Waals surface area contributed by atoms with Gasteiger partial charge in [0, 0.05) is 18.3 Å². The second-order valence-corrected chi connectivity index (χ2v) is 4.51. The molecule has 120 valence electrons. The Kier molecular flexibility index (Phi) is 5.51. The molecule has 0 aliphatic carbocycles. The van der Waals surface area contributed by atoms with Crippen molar-refractivity contribution in [3.8, 4) is 17.2 Å². The van der Waals surface area contributed by atoms with E-state index in [1.165, 1.54) is 18.3 Å². The molecule has 0 spiro atoms. The first-order valence-electron chi connectivity index (χ1n) is 6.83. The smallest absolute Gasteiger partial charge is 0.270 e. The number of nitro benzene ring substituents is 1. The van der Waals surface area contributed by atoms with Gasteiger partial charge in [-0.15, -0.1) is 0 Å². The molecule has 0 N–H and O–H groups in total. The summed E-state index contributed by atoms with van der Waals surface area (Å²) in [5.41, 5.74) is 0.0350. The van der Waals surface area contributed by atoms with E-state index in [0.717, 1.165) is 6.07 Å². The van der Waals surface area contributed by atoms with E-state index in [4.69, 9.17) is 9.47 Å². The van der Waals surface area contributed by atoms with Crippen LogP contribution in [0.25, 0.3) is 0 Å². The van der Waals surface area contributed by atoms with Crippen molar-refractivity contribution in [3.05, 3.63) is 58.1 Å². The summed E-state index contributed by atoms with van der Waals surface area (Å²) >= 11 is 0. The number of rotatable bonds is 7. The Balaban J connectivity index is 1.92. The van der Waals surface area contributed by atoms with Crippen molar-refractivity contribution in [3.63, 3.8) is 0 Å². The van der Waals surface area contributed by atoms with Crippen LogP contribution < -0.4 is 14.6 Å². The van der Waals surface area contributed by atoms with Gasteiger partial charge in [-0.3, -0.25) is 15.1 Å². The van der Waals surface area contributed by atoms with Gasteiger partial charge in [0.2, 0.25) is 0 Å². The third-order valence-electron chi connectivity index (χ3n) is 2.98. The van der Waals surface area contributed by atoms with E-state index in [1.54, 1.807) is 19.2 Å². The minimum atomic E-state index is -0.554. The summed E-state index contributed by atoms with van der Waals surface area (Å²) in [6.07, 6.45) is 1.32. The molecule has 0 amide bonds. The van der Waals surface area contributed by atoms with Crippen LogP contribution in [0.4, 0.5) is 5.69 Å². The fourth-order valence-electron chi connectivity index (χ4n) is 1.86. The first-order valence-corrected chi connectivity index (χ1v) is 6.83. The lowest BCUT2D eigenvalue weighted by Crippen LogP contribution is -2.03. The molecule has 2 aromatic carbocycles. The number of benzene rings is 2. The highest BCUT2D eigenvalue weighted by atomic mass is 16.6. The van der Waals surface area contributed by atoms with Crippen molar-refractivity contribution < 1.29 is 19.5 Å². The molecule has 23 heavy (non-hydrogen) atoms. The Labute approximate surface area is 133 Å². The fourth-order valence-corrected chi connectivity index (χ4v) is 1.86. The molecule has 0 atom stereocenters. The van der Waals surface area contributed by atoms with E-state index in [-0.39, 0.29) is 17.0 Å². The summed E-state index contributed by atoms with van der Waals surface area (Å²) in [6, 6.07) is 10.8. The molecule has 2 aromatic rings. The molecule has 0 aliphatic heterocycles. The molecule has 7 heteroatoms. The number of hydrogen-bond acceptors (Lipinski definition) is 6. The maximum Gasteiger partial charge on any atom is 0.270 e. The SMILES string of the molecule is COc1ccccc1OCCN=Cc1cc([N+](=O)[O-])ccc1[O-]. The lowest BCUT2D eigenvalue weighted by molar-refractivity contribution is -0.385. The van der Waals surface area contributed by atoms with Gasteiger partial charge in [-0.2, -0.15) is 0 Å². The van der Waals surface area contributed by atoms with Crippen LogP contribution in [0.3, 0.4) is 0 Å². The van der Waals surface area contributed by atoms with E-state index in [1.807, 2.05) is 12.1 Å². The van der Waals surface area contributed by atoms with Gasteiger partial charge in [0.25, 0.3) is 5.69 Å². The van der Waals surface area contributed by atoms with Gasteiger partial charge >= 0.3 is 0 Å². The normalized spacial score (nSPS) is 10.7. The van der Waals surface area contributed by atoms with Gasteiger partial charge in [-0.25, -0.2) is 0 Å². The van der Waals surface area contributed by atoms with Crippen molar-refractivity contribution in [2.45, 2.75) is 0 Å². The maximum absolute atomic E-state index is 11.6. The molecule has 0 aromatic heterocycles. The first kappa shape index (κ1) is 16.3. The number of non-ortho nitro benzene ring substituents is 1. The lowest BCUT2D eigenvalue weighted by Gasteiger charge is -2.10. The summed E-state index contributed by atoms with van der Waals surface area (Å²) in [7, 11) is 1.55. The number of nitro groups is 1. The fraction of sp³-hybridized carbons (Fsp3) is 0.188. The second kappa shape index (κ2) is 7.79. The Hall–Kier alpha value is -3.09. The predicted octanol–water partition coefficient (Wildman–Crippen LogP) is 2.17. The van der Waals surface area contributed by atoms with Gasteiger partial charge in [-0.1, -0.05) is 23.9 Å². The molecule has 0 aliphatic rings. The third kappa shape index (κ3) is 4.44. The average molecular weight is 315 g/mol. The van der Waals surface area contributed by atoms with Gasteiger partial charge in [0.1, 0.15) is 6.61 Å². The zero-order chi connectivity index (χ0) is 16.7. The number of para-hydroxylation sites is 2. The van der Waals surface area contributed by atoms with Gasteiger partial charge in [0.15, 0.2) is 11.5 Å². The molecular weight excluding hydrogens is 300 g/mol. The van der Waals surface area contributed by atoms with Crippen LogP contribution in [0.2, 0.25) is 0 Å². The Morgan fingerprint density at radius 3 is 2.65 bits per heavy atom. The average Bonchev–Trinajstić information content (AvgIpc) is 2.56. The summed E-state index contributed by atoms with van der Waals surface area (Å²) in [5.74, 6) is 0.909. The minimum absolute atomic E-state index is 0.142. The van der Waals surface area contributed by atoms with Crippen molar-refractivity contribution in [2.24, 2.45) is 4.99 Å². The van der Waals surface area contributed by atoms with Crippen molar-refractivity contribution >= 4 is 11.9 Å². The van der Waals surface area contributed by atoms with Crippen LogP contribution >= 0.6 is 0 Å². The van der Waals surface area contributed by atoms with Crippen LogP contribution in [0.5, 0.6) is 17.2 Å². The molecule has 2 rings (SSSR count). The Morgan fingerprint density at radius 2 is 1.96 bits per heavy atom. The van der Waals surface area contributed by atoms with E-state index < -0.39 is 4.92 Å². The number of aliphatic imine (C=N–C) groups is 1. The van der Waals surface area contributed by atoms with Crippen molar-refractivity contribution in [1.82, 2.24) is 0 Å². The van der Waals surface area contributed by atoms with Crippen LogP contribution in [-0.2, 0) is 0 Å². The summed E-state index contributed by atoms with van der Waals surface area (Å²) in [6.45, 7) is 0.597. The third-order valence-corrected chi connectivity index (χ3v) is 2.98. The van der Waals surface area contributed by atoms with Crippen molar-refractivity contribution in [2.75, 3.05) is 20.3 Å². The van der Waals surface area contributed by atoms with E-state index >= 15 is 0 Å². The highest BCUT2D eigenvalue weighted by Gasteiger charge is 2.05. The second-order valence-electron chi connectivity index (χ2n) is 4.51. The molecule has 0 fully saturated rings. The number of ether oxygens (including phenoxy) is 2. The van der Waals surface area contributed by atoms with Gasteiger partial charge < -0.3 is 14.6 Å². The van der Waals surface area contributed by atoms with Crippen LogP contribution in [0, 0.1) is 10.1 Å². The van der Waals surface area contributed by atoms with E-state index in [9.17, 15) is 15.2 Å². The molecule has 0 heterocycles.